The molecule has 2 heterocycles. The first-order valence-corrected chi connectivity index (χ1v) is 7.63. The van der Waals surface area contributed by atoms with E-state index in [-0.39, 0.29) is 18.5 Å². The Morgan fingerprint density at radius 3 is 2.82 bits per heavy atom. The molecular formula is C16H23ClN4O. The molecular weight excluding hydrogens is 300 g/mol. The molecule has 2 aliphatic rings. The molecule has 22 heavy (non-hydrogen) atoms. The highest BCUT2D eigenvalue weighted by Crippen LogP contribution is 2.29. The van der Waals surface area contributed by atoms with Crippen LogP contribution in [0, 0.1) is 11.3 Å². The predicted octanol–water partition coefficient (Wildman–Crippen LogP) is 1.35. The predicted molar refractivity (Wildman–Crippen MR) is 90.9 cm³/mol. The Balaban J connectivity index is 0.00000176. The van der Waals surface area contributed by atoms with E-state index in [4.69, 9.17) is 0 Å². The molecule has 2 atom stereocenters. The minimum absolute atomic E-state index is 0. The van der Waals surface area contributed by atoms with Gasteiger partial charge in [-0.15, -0.1) is 12.4 Å². The molecule has 2 N–H and O–H groups in total. The topological polar surface area (TPSA) is 62.5 Å². The van der Waals surface area contributed by atoms with Crippen LogP contribution in [0.4, 0.5) is 11.4 Å². The number of nitriles is 1. The first kappa shape index (κ1) is 16.9. The zero-order chi connectivity index (χ0) is 14.8. The van der Waals surface area contributed by atoms with Crippen molar-refractivity contribution in [2.24, 2.45) is 0 Å². The lowest BCUT2D eigenvalue weighted by atomic mass is 10.1. The second kappa shape index (κ2) is 7.19. The van der Waals surface area contributed by atoms with E-state index in [1.807, 2.05) is 12.1 Å². The number of aliphatic hydroxyl groups is 1. The first-order chi connectivity index (χ1) is 10.2. The van der Waals surface area contributed by atoms with Gasteiger partial charge in [0.15, 0.2) is 0 Å². The molecule has 1 aromatic rings. The molecule has 2 saturated heterocycles. The van der Waals surface area contributed by atoms with E-state index in [0.29, 0.717) is 18.2 Å². The third-order valence-corrected chi connectivity index (χ3v) is 4.44. The quantitative estimate of drug-likeness (QED) is 0.860. The van der Waals surface area contributed by atoms with Crippen molar-refractivity contribution in [1.29, 1.82) is 5.26 Å². The fourth-order valence-corrected chi connectivity index (χ4v) is 3.25. The van der Waals surface area contributed by atoms with Crippen LogP contribution in [0.5, 0.6) is 0 Å². The van der Waals surface area contributed by atoms with Crippen molar-refractivity contribution in [3.8, 4) is 6.07 Å². The third-order valence-electron chi connectivity index (χ3n) is 4.44. The number of anilines is 2. The lowest BCUT2D eigenvalue weighted by Crippen LogP contribution is -2.49. The minimum Gasteiger partial charge on any atom is -0.391 e. The van der Waals surface area contributed by atoms with Gasteiger partial charge in [-0.2, -0.15) is 5.26 Å². The molecule has 0 spiro atoms. The van der Waals surface area contributed by atoms with Gasteiger partial charge < -0.3 is 20.2 Å². The second-order valence-corrected chi connectivity index (χ2v) is 5.95. The van der Waals surface area contributed by atoms with Gasteiger partial charge in [-0.05, 0) is 31.5 Å². The molecule has 0 saturated carbocycles. The van der Waals surface area contributed by atoms with Gasteiger partial charge in [0.2, 0.25) is 0 Å². The molecule has 6 heteroatoms. The van der Waals surface area contributed by atoms with Crippen LogP contribution in [-0.2, 0) is 0 Å². The molecule has 2 aliphatic heterocycles. The fourth-order valence-electron chi connectivity index (χ4n) is 3.25. The highest BCUT2D eigenvalue weighted by atomic mass is 35.5. The van der Waals surface area contributed by atoms with Gasteiger partial charge in [0.25, 0.3) is 0 Å². The molecule has 5 nitrogen and oxygen atoms in total. The highest BCUT2D eigenvalue weighted by molar-refractivity contribution is 5.85. The Kier molecular flexibility index (Phi) is 5.52. The van der Waals surface area contributed by atoms with Crippen LogP contribution in [0.1, 0.15) is 18.9 Å². The van der Waals surface area contributed by atoms with Crippen molar-refractivity contribution in [3.63, 3.8) is 0 Å². The summed E-state index contributed by atoms with van der Waals surface area (Å²) in [4.78, 5) is 4.45. The summed E-state index contributed by atoms with van der Waals surface area (Å²) >= 11 is 0. The van der Waals surface area contributed by atoms with Crippen molar-refractivity contribution in [3.05, 3.63) is 23.8 Å². The third kappa shape index (κ3) is 3.30. The number of hydrogen-bond donors (Lipinski definition) is 2. The van der Waals surface area contributed by atoms with E-state index in [1.54, 1.807) is 0 Å². The second-order valence-electron chi connectivity index (χ2n) is 5.95. The van der Waals surface area contributed by atoms with E-state index in [1.165, 1.54) is 0 Å². The highest BCUT2D eigenvalue weighted by Gasteiger charge is 2.24. The maximum Gasteiger partial charge on any atom is 0.101 e. The van der Waals surface area contributed by atoms with Gasteiger partial charge in [0.05, 0.1) is 17.4 Å². The van der Waals surface area contributed by atoms with Crippen molar-refractivity contribution in [1.82, 2.24) is 5.32 Å². The maximum atomic E-state index is 9.68. The summed E-state index contributed by atoms with van der Waals surface area (Å²) in [7, 11) is 0. The van der Waals surface area contributed by atoms with Crippen LogP contribution in [0.15, 0.2) is 18.2 Å². The lowest BCUT2D eigenvalue weighted by molar-refractivity contribution is 0.198. The van der Waals surface area contributed by atoms with E-state index in [2.05, 4.69) is 34.2 Å². The van der Waals surface area contributed by atoms with E-state index < -0.39 is 0 Å². The summed E-state index contributed by atoms with van der Waals surface area (Å²) < 4.78 is 0. The van der Waals surface area contributed by atoms with Crippen LogP contribution < -0.4 is 15.1 Å². The van der Waals surface area contributed by atoms with Crippen LogP contribution in [-0.4, -0.2) is 50.0 Å². The lowest BCUT2D eigenvalue weighted by Gasteiger charge is -2.36. The Morgan fingerprint density at radius 1 is 1.36 bits per heavy atom. The number of nitrogens with one attached hydrogen (secondary N) is 1. The van der Waals surface area contributed by atoms with E-state index in [0.717, 1.165) is 44.0 Å². The fraction of sp³-hybridized carbons (Fsp3) is 0.562. The van der Waals surface area contributed by atoms with Crippen molar-refractivity contribution < 1.29 is 5.11 Å². The number of aliphatic hydroxyl groups excluding tert-OH is 1. The zero-order valence-electron chi connectivity index (χ0n) is 12.8. The number of β-amino-alcohol motifs (C(OH)–C–C–N with tert-alkyl or cyclic N) is 1. The molecule has 120 valence electrons. The Morgan fingerprint density at radius 2 is 2.18 bits per heavy atom. The largest absolute Gasteiger partial charge is 0.391 e. The maximum absolute atomic E-state index is 9.68. The number of benzene rings is 1. The summed E-state index contributed by atoms with van der Waals surface area (Å²) in [5.41, 5.74) is 2.76. The van der Waals surface area contributed by atoms with Crippen molar-refractivity contribution >= 4 is 23.8 Å². The number of nitrogens with zero attached hydrogens (tertiary/aromatic N) is 3. The molecule has 1 aromatic carbocycles. The smallest absolute Gasteiger partial charge is 0.101 e. The number of piperazine rings is 1. The molecule has 0 unspecified atom stereocenters. The molecule has 0 bridgehead atoms. The van der Waals surface area contributed by atoms with Gasteiger partial charge in [-0.1, -0.05) is 0 Å². The SMILES string of the molecule is C[C@H]1CNCCN1c1ccc(N2CC[C@@H](O)C2)c(C#N)c1.Cl. The normalized spacial score (nSPS) is 24.8. The van der Waals surface area contributed by atoms with Crippen molar-refractivity contribution in [2.75, 3.05) is 42.5 Å². The molecule has 0 amide bonds. The van der Waals surface area contributed by atoms with Crippen molar-refractivity contribution in [2.45, 2.75) is 25.5 Å². The average molecular weight is 323 g/mol. The molecule has 0 aromatic heterocycles. The van der Waals surface area contributed by atoms with E-state index >= 15 is 0 Å². The molecule has 3 rings (SSSR count). The number of halogens is 1. The summed E-state index contributed by atoms with van der Waals surface area (Å²) in [5.74, 6) is 0. The van der Waals surface area contributed by atoms with E-state index in [9.17, 15) is 10.4 Å². The summed E-state index contributed by atoms with van der Waals surface area (Å²) in [5, 5.41) is 22.5. The minimum atomic E-state index is -0.274. The van der Waals surface area contributed by atoms with Crippen LogP contribution in [0.25, 0.3) is 0 Å². The standard InChI is InChI=1S/C16H22N4O.ClH/c1-12-10-18-5-7-20(12)14-2-3-16(13(8-14)9-17)19-6-4-15(21)11-19;/h2-3,8,12,15,18,21H,4-7,10-11H2,1H3;1H/t12-,15+;/m0./s1. The van der Waals surface area contributed by atoms with Gasteiger partial charge >= 0.3 is 0 Å². The summed E-state index contributed by atoms with van der Waals surface area (Å²) in [6.45, 7) is 6.56. The Hall–Kier alpha value is -1.48. The van der Waals surface area contributed by atoms with Gasteiger partial charge in [0.1, 0.15) is 6.07 Å². The number of rotatable bonds is 2. The molecule has 0 aliphatic carbocycles. The van der Waals surface area contributed by atoms with Crippen LogP contribution >= 0.6 is 12.4 Å². The number of hydrogen-bond acceptors (Lipinski definition) is 5. The van der Waals surface area contributed by atoms with Gasteiger partial charge in [-0.3, -0.25) is 0 Å². The molecule has 2 fully saturated rings. The van der Waals surface area contributed by atoms with Crippen LogP contribution in [0.2, 0.25) is 0 Å². The summed E-state index contributed by atoms with van der Waals surface area (Å²) in [6.07, 6.45) is 0.506. The zero-order valence-corrected chi connectivity index (χ0v) is 13.6. The van der Waals surface area contributed by atoms with Gasteiger partial charge in [-0.25, -0.2) is 0 Å². The van der Waals surface area contributed by atoms with Crippen LogP contribution in [0.3, 0.4) is 0 Å². The van der Waals surface area contributed by atoms with Gasteiger partial charge in [0, 0.05) is 44.5 Å². The summed E-state index contributed by atoms with van der Waals surface area (Å²) in [6, 6.07) is 8.87. The average Bonchev–Trinajstić information content (AvgIpc) is 2.93. The monoisotopic (exact) mass is 322 g/mol. The Labute approximate surface area is 137 Å². The Bertz CT molecular complexity index is 560. The first-order valence-electron chi connectivity index (χ1n) is 7.63. The molecule has 0 radical (unpaired) electrons.